The van der Waals surface area contributed by atoms with Crippen LogP contribution in [0, 0.1) is 0 Å². The van der Waals surface area contributed by atoms with Crippen molar-refractivity contribution < 1.29 is 4.74 Å². The van der Waals surface area contributed by atoms with Gasteiger partial charge in [-0.2, -0.15) is 0 Å². The van der Waals surface area contributed by atoms with Crippen LogP contribution in [0.5, 0.6) is 5.75 Å². The molecule has 1 rings (SSSR count). The first-order valence-corrected chi connectivity index (χ1v) is 7.86. The molecule has 0 aliphatic heterocycles. The van der Waals surface area contributed by atoms with Crippen LogP contribution in [0.3, 0.4) is 0 Å². The SMILES string of the molecule is C[Si](C)CCOc1cccc(Br)c1. The third-order valence-electron chi connectivity index (χ3n) is 1.67. The first-order valence-electron chi connectivity index (χ1n) is 4.36. The molecule has 0 aliphatic rings. The van der Waals surface area contributed by atoms with E-state index in [9.17, 15) is 0 Å². The van der Waals surface area contributed by atoms with Crippen LogP contribution in [-0.4, -0.2) is 15.4 Å². The molecule has 1 radical (unpaired) electrons. The highest BCUT2D eigenvalue weighted by atomic mass is 79.9. The van der Waals surface area contributed by atoms with Gasteiger partial charge in [0.2, 0.25) is 0 Å². The molecule has 0 N–H and O–H groups in total. The van der Waals surface area contributed by atoms with Crippen molar-refractivity contribution in [3.05, 3.63) is 28.7 Å². The van der Waals surface area contributed by atoms with Crippen LogP contribution < -0.4 is 4.74 Å². The van der Waals surface area contributed by atoms with Gasteiger partial charge in [-0.25, -0.2) is 0 Å². The van der Waals surface area contributed by atoms with Crippen molar-refractivity contribution >= 4 is 24.7 Å². The quantitative estimate of drug-likeness (QED) is 0.750. The third-order valence-corrected chi connectivity index (χ3v) is 3.36. The number of hydrogen-bond donors (Lipinski definition) is 0. The summed E-state index contributed by atoms with van der Waals surface area (Å²) in [6.45, 7) is 5.45. The van der Waals surface area contributed by atoms with E-state index < -0.39 is 0 Å². The van der Waals surface area contributed by atoms with Crippen LogP contribution in [0.15, 0.2) is 28.7 Å². The fraction of sp³-hybridized carbons (Fsp3) is 0.400. The van der Waals surface area contributed by atoms with E-state index in [-0.39, 0.29) is 8.80 Å². The zero-order valence-electron chi connectivity index (χ0n) is 8.01. The summed E-state index contributed by atoms with van der Waals surface area (Å²) in [5, 5.41) is 0. The van der Waals surface area contributed by atoms with Gasteiger partial charge >= 0.3 is 0 Å². The number of benzene rings is 1. The first kappa shape index (κ1) is 10.8. The summed E-state index contributed by atoms with van der Waals surface area (Å²) >= 11 is 3.41. The molecule has 0 bridgehead atoms. The summed E-state index contributed by atoms with van der Waals surface area (Å²) in [4.78, 5) is 0. The van der Waals surface area contributed by atoms with Gasteiger partial charge in [0.15, 0.2) is 0 Å². The van der Waals surface area contributed by atoms with Crippen LogP contribution in [-0.2, 0) is 0 Å². The van der Waals surface area contributed by atoms with Crippen molar-refractivity contribution in [2.45, 2.75) is 19.1 Å². The van der Waals surface area contributed by atoms with Crippen LogP contribution in [0.25, 0.3) is 0 Å². The summed E-state index contributed by atoms with van der Waals surface area (Å²) in [6, 6.07) is 9.18. The van der Waals surface area contributed by atoms with Crippen molar-refractivity contribution in [3.8, 4) is 5.75 Å². The van der Waals surface area contributed by atoms with E-state index in [1.807, 2.05) is 24.3 Å². The first-order chi connectivity index (χ1) is 6.18. The van der Waals surface area contributed by atoms with E-state index in [4.69, 9.17) is 4.74 Å². The highest BCUT2D eigenvalue weighted by Gasteiger charge is 1.97. The van der Waals surface area contributed by atoms with Gasteiger partial charge in [0.1, 0.15) is 5.75 Å². The second kappa shape index (κ2) is 5.45. The fourth-order valence-corrected chi connectivity index (χ4v) is 1.82. The molecule has 0 amide bonds. The molecule has 0 saturated heterocycles. The Labute approximate surface area is 89.8 Å². The van der Waals surface area contributed by atoms with E-state index in [0.717, 1.165) is 16.8 Å². The van der Waals surface area contributed by atoms with Crippen molar-refractivity contribution in [2.75, 3.05) is 6.61 Å². The van der Waals surface area contributed by atoms with Gasteiger partial charge in [-0.1, -0.05) is 35.1 Å². The molecule has 1 aromatic rings. The summed E-state index contributed by atoms with van der Waals surface area (Å²) in [5.74, 6) is 0.956. The molecule has 0 spiro atoms. The van der Waals surface area contributed by atoms with Gasteiger partial charge in [0.05, 0.1) is 6.61 Å². The molecule has 1 nitrogen and oxygen atoms in total. The van der Waals surface area contributed by atoms with Crippen molar-refractivity contribution in [2.24, 2.45) is 0 Å². The van der Waals surface area contributed by atoms with Crippen LogP contribution >= 0.6 is 15.9 Å². The fourth-order valence-electron chi connectivity index (χ4n) is 0.930. The zero-order valence-corrected chi connectivity index (χ0v) is 10.6. The Morgan fingerprint density at radius 3 is 2.77 bits per heavy atom. The largest absolute Gasteiger partial charge is 0.494 e. The summed E-state index contributed by atoms with van der Waals surface area (Å²) in [7, 11) is -0.151. The minimum Gasteiger partial charge on any atom is -0.494 e. The molecule has 3 heteroatoms. The Balaban J connectivity index is 2.37. The van der Waals surface area contributed by atoms with E-state index in [1.54, 1.807) is 0 Å². The molecule has 0 saturated carbocycles. The molecular weight excluding hydrogens is 244 g/mol. The maximum Gasteiger partial charge on any atom is 0.120 e. The number of hydrogen-bond acceptors (Lipinski definition) is 1. The predicted octanol–water partition coefficient (Wildman–Crippen LogP) is 3.58. The van der Waals surface area contributed by atoms with Gasteiger partial charge in [0.25, 0.3) is 0 Å². The molecule has 0 fully saturated rings. The second-order valence-electron chi connectivity index (χ2n) is 3.26. The molecule has 0 atom stereocenters. The maximum atomic E-state index is 5.59. The topological polar surface area (TPSA) is 9.23 Å². The molecule has 0 aromatic heterocycles. The number of halogens is 1. The Morgan fingerprint density at radius 1 is 1.38 bits per heavy atom. The lowest BCUT2D eigenvalue weighted by Crippen LogP contribution is -2.06. The highest BCUT2D eigenvalue weighted by Crippen LogP contribution is 2.17. The Hall–Kier alpha value is -0.283. The molecule has 13 heavy (non-hydrogen) atoms. The van der Waals surface area contributed by atoms with Crippen molar-refractivity contribution in [3.63, 3.8) is 0 Å². The Bertz CT molecular complexity index is 263. The Kier molecular flexibility index (Phi) is 4.52. The average Bonchev–Trinajstić information content (AvgIpc) is 2.03. The van der Waals surface area contributed by atoms with Gasteiger partial charge in [0, 0.05) is 13.3 Å². The third kappa shape index (κ3) is 4.48. The monoisotopic (exact) mass is 257 g/mol. The van der Waals surface area contributed by atoms with Gasteiger partial charge in [-0.3, -0.25) is 0 Å². The average molecular weight is 258 g/mol. The molecule has 0 unspecified atom stereocenters. The minimum absolute atomic E-state index is 0.151. The van der Waals surface area contributed by atoms with Crippen molar-refractivity contribution in [1.29, 1.82) is 0 Å². The molecular formula is C10H14BrOSi. The summed E-state index contributed by atoms with van der Waals surface area (Å²) in [5.41, 5.74) is 0. The van der Waals surface area contributed by atoms with Gasteiger partial charge in [-0.05, 0) is 24.2 Å². The van der Waals surface area contributed by atoms with E-state index in [0.29, 0.717) is 0 Å². The highest BCUT2D eigenvalue weighted by molar-refractivity contribution is 9.10. The smallest absolute Gasteiger partial charge is 0.120 e. The standard InChI is InChI=1S/C10H14BrOSi/c1-13(2)7-6-12-10-5-3-4-9(11)8-10/h3-5,8H,6-7H2,1-2H3. The van der Waals surface area contributed by atoms with Crippen molar-refractivity contribution in [1.82, 2.24) is 0 Å². The maximum absolute atomic E-state index is 5.59. The lowest BCUT2D eigenvalue weighted by molar-refractivity contribution is 0.339. The molecule has 0 heterocycles. The lowest BCUT2D eigenvalue weighted by Gasteiger charge is -2.07. The number of rotatable bonds is 4. The molecule has 71 valence electrons. The van der Waals surface area contributed by atoms with Crippen LogP contribution in [0.2, 0.25) is 19.1 Å². The summed E-state index contributed by atoms with van der Waals surface area (Å²) in [6.07, 6.45) is 0. The van der Waals surface area contributed by atoms with E-state index >= 15 is 0 Å². The Morgan fingerprint density at radius 2 is 2.15 bits per heavy atom. The number of ether oxygens (including phenoxy) is 1. The van der Waals surface area contributed by atoms with Crippen LogP contribution in [0.4, 0.5) is 0 Å². The molecule has 1 aromatic carbocycles. The normalized spacial score (nSPS) is 10.5. The zero-order chi connectivity index (χ0) is 9.68. The van der Waals surface area contributed by atoms with Gasteiger partial charge < -0.3 is 4.74 Å². The summed E-state index contributed by atoms with van der Waals surface area (Å²) < 4.78 is 6.67. The van der Waals surface area contributed by atoms with E-state index in [1.165, 1.54) is 6.04 Å². The second-order valence-corrected chi connectivity index (χ2v) is 7.09. The minimum atomic E-state index is -0.151. The predicted molar refractivity (Wildman–Crippen MR) is 61.9 cm³/mol. The lowest BCUT2D eigenvalue weighted by atomic mass is 10.3. The van der Waals surface area contributed by atoms with Gasteiger partial charge in [-0.15, -0.1) is 0 Å². The molecule has 0 aliphatic carbocycles. The van der Waals surface area contributed by atoms with Crippen LogP contribution in [0.1, 0.15) is 0 Å². The van der Waals surface area contributed by atoms with E-state index in [2.05, 4.69) is 29.0 Å².